The van der Waals surface area contributed by atoms with Gasteiger partial charge < -0.3 is 71.4 Å². The third-order valence-corrected chi connectivity index (χ3v) is 25.6. The van der Waals surface area contributed by atoms with Crippen LogP contribution in [0.2, 0.25) is 0 Å². The van der Waals surface area contributed by atoms with Gasteiger partial charge in [0.1, 0.15) is 24.8 Å². The average molecular weight is 1850 g/mol. The Morgan fingerprint density at radius 3 is 1.26 bits per heavy atom. The van der Waals surface area contributed by atoms with Gasteiger partial charge >= 0.3 is 11.9 Å². The molecule has 6 aliphatic rings. The first kappa shape index (κ1) is 94.8. The molecule has 0 unspecified atom stereocenters. The maximum Gasteiger partial charge on any atom is 0.343 e. The predicted octanol–water partition coefficient (Wildman–Crippen LogP) is 6.94. The van der Waals surface area contributed by atoms with Crippen LogP contribution in [0.4, 0.5) is 8.78 Å². The van der Waals surface area contributed by atoms with Crippen molar-refractivity contribution >= 4 is 120 Å². The van der Waals surface area contributed by atoms with Crippen molar-refractivity contribution in [3.8, 4) is 22.8 Å². The van der Waals surface area contributed by atoms with Crippen molar-refractivity contribution in [1.82, 2.24) is 61.6 Å². The van der Waals surface area contributed by atoms with E-state index in [4.69, 9.17) is 19.4 Å². The fourth-order valence-electron chi connectivity index (χ4n) is 17.9. The summed E-state index contributed by atoms with van der Waals surface area (Å²) in [6.07, 6.45) is 1.82. The number of amides is 8. The summed E-state index contributed by atoms with van der Waals surface area (Å²) in [5, 5.41) is 46.3. The first-order chi connectivity index (χ1) is 62.2. The Labute approximate surface area is 753 Å². The van der Waals surface area contributed by atoms with Crippen LogP contribution in [0.25, 0.3) is 44.6 Å². The number of aromatic nitrogens is 4. The maximum absolute atomic E-state index is 15.3. The first-order valence-corrected chi connectivity index (χ1v) is 45.0. The Morgan fingerprint density at radius 2 is 0.877 bits per heavy atom. The SMILES string of the molecule is CCC(=O)NCC(=O)CCC(=O)N[C@@H](Cc1ccccc1)C(=O)CCC(=O)NCCCC(=O)N[C@H]1CCc2c(C)c(F)cc3nc4c(c1c23)Cn1c-4cc2c(c1=O)COC(=O)[C@]2(O)CC.CC[C@@]1(O)C(=O)OCc2c1cc1n(c2=O)Cc2c-1nc1cc(F)c(C)c3c1c2[C@@H](NC(=O)CCCNC(=O)CCC(=O)[C@H](Cc1ccccc1)NC(=O)CCC(=O)CNC(=O)CBr)CC3. The minimum absolute atomic E-state index is 0.0242. The molecule has 14 rings (SSSR count). The molecule has 8 aromatic rings. The highest BCUT2D eigenvalue weighted by Gasteiger charge is 2.48. The number of carbonyl (C=O) groups excluding carboxylic acids is 14. The number of cyclic esters (lactones) is 2. The number of aryl methyl sites for hydroxylation is 2. The molecule has 10 N–H and O–H groups in total. The Morgan fingerprint density at radius 1 is 0.485 bits per heavy atom. The van der Waals surface area contributed by atoms with Crippen molar-refractivity contribution in [3.05, 3.63) is 195 Å². The lowest BCUT2D eigenvalue weighted by molar-refractivity contribution is -0.172. The number of Topliss-reactive ketones (excluding diaryl/α,β-unsaturated/α-hetero) is 4. The van der Waals surface area contributed by atoms with Gasteiger partial charge in [-0.3, -0.25) is 67.1 Å². The molecular weight excluding hydrogens is 1750 g/mol. The molecule has 0 bridgehead atoms. The zero-order valence-corrected chi connectivity index (χ0v) is 74.4. The van der Waals surface area contributed by atoms with Crippen LogP contribution in [0, 0.1) is 25.5 Å². The molecule has 0 saturated heterocycles. The summed E-state index contributed by atoms with van der Waals surface area (Å²) >= 11 is 3.00. The molecule has 8 amide bonds. The molecule has 0 spiro atoms. The molecule has 0 fully saturated rings. The van der Waals surface area contributed by atoms with Gasteiger partial charge in [0.2, 0.25) is 47.3 Å². The number of halogens is 3. The second-order valence-electron chi connectivity index (χ2n) is 33.5. The standard InChI is InChI=1S/C48H53FN6O10.C47H50BrFN6O10/c1-4-39(58)51-23-28(56)13-17-42(61)53-35(20-27-10-7-6-8-11-27)38(57)16-18-40(59)50-19-9-12-41(60)52-34-15-14-29-26(3)33(49)22-36-43(29)44(34)30-24-55-37(45(30)54-36)21-32-31(46(55)62)25-65-47(63)48(32,64)5-2;1-3-47(64)31-19-36-44-29(23-55(36)45(62)30(31)24-65-46(47)63)43-33(13-12-28-25(2)32(49)20-35(54-44)42(28)43)52-39(59)10-7-17-50-38(58)16-14-37(57)34(18-26-8-5-4-6-9-26)53-40(60)15-11-27(56)22-51-41(61)21-48/h6-8,10-11,21-22,34-35,64H,4-5,9,12-20,23-25H2,1-3H3,(H,50,59)(H,51,58)(H,52,60)(H,53,61);4-6,8-9,19-20,33-34,64H,3,7,10-18,21-24H2,1-2H3,(H,50,58)(H,51,61)(H,52,59)(H,53,60)/t34-,35-,48-;33-,34-,47-/m00/s1. The molecule has 2 aliphatic carbocycles. The predicted molar refractivity (Wildman–Crippen MR) is 473 cm³/mol. The highest BCUT2D eigenvalue weighted by molar-refractivity contribution is 9.09. The number of hydrogen-bond donors (Lipinski definition) is 10. The summed E-state index contributed by atoms with van der Waals surface area (Å²) in [5.41, 5.74) is 4.89. The lowest BCUT2D eigenvalue weighted by Gasteiger charge is -2.31. The number of hydrogen-bond acceptors (Lipinski definition) is 22. The molecule has 0 saturated carbocycles. The molecule has 4 aromatic carbocycles. The van der Waals surface area contributed by atoms with E-state index in [9.17, 15) is 86.9 Å². The Kier molecular flexibility index (Phi) is 30.2. The lowest BCUT2D eigenvalue weighted by atomic mass is 9.81. The van der Waals surface area contributed by atoms with E-state index >= 15 is 8.78 Å². The van der Waals surface area contributed by atoms with Crippen molar-refractivity contribution in [2.45, 2.75) is 231 Å². The quantitative estimate of drug-likeness (QED) is 0.0106. The zero-order chi connectivity index (χ0) is 93.2. The normalized spacial score (nSPS) is 17.2. The second kappa shape index (κ2) is 41.3. The van der Waals surface area contributed by atoms with Gasteiger partial charge in [0.25, 0.3) is 11.1 Å². The van der Waals surface area contributed by atoms with E-state index < -0.39 is 93.7 Å². The number of alkyl halides is 1. The van der Waals surface area contributed by atoms with Gasteiger partial charge in [-0.05, 0) is 135 Å². The molecule has 0 radical (unpaired) electrons. The van der Waals surface area contributed by atoms with Gasteiger partial charge in [0, 0.05) is 129 Å². The summed E-state index contributed by atoms with van der Waals surface area (Å²) in [6.45, 7) is 7.83. The molecule has 4 aliphatic heterocycles. The fraction of sp³-hybridized carbons (Fsp3) is 0.432. The number of rotatable bonds is 38. The summed E-state index contributed by atoms with van der Waals surface area (Å²) < 4.78 is 44.1. The molecule has 684 valence electrons. The van der Waals surface area contributed by atoms with E-state index in [1.807, 2.05) is 36.4 Å². The number of esters is 2. The number of pyridine rings is 4. The van der Waals surface area contributed by atoms with Crippen LogP contribution in [-0.2, 0) is 140 Å². The fourth-order valence-corrected chi connectivity index (χ4v) is 18.1. The van der Waals surface area contributed by atoms with Crippen LogP contribution >= 0.6 is 15.9 Å². The summed E-state index contributed by atoms with van der Waals surface area (Å²) in [5.74, 6) is -7.00. The number of fused-ring (bicyclic) bond motifs is 10. The third-order valence-electron chi connectivity index (χ3n) is 25.1. The molecule has 4 aromatic heterocycles. The van der Waals surface area contributed by atoms with Crippen molar-refractivity contribution in [2.75, 3.05) is 31.5 Å². The van der Waals surface area contributed by atoms with Gasteiger partial charge in [0.05, 0.1) is 101 Å². The molecule has 32 nitrogen and oxygen atoms in total. The monoisotopic (exact) mass is 1850 g/mol. The van der Waals surface area contributed by atoms with Crippen molar-refractivity contribution in [1.29, 1.82) is 0 Å². The smallest absolute Gasteiger partial charge is 0.343 e. The van der Waals surface area contributed by atoms with Gasteiger partial charge in [-0.2, -0.15) is 0 Å². The van der Waals surface area contributed by atoms with E-state index in [2.05, 4.69) is 58.5 Å². The highest BCUT2D eigenvalue weighted by atomic mass is 79.9. The van der Waals surface area contributed by atoms with Crippen LogP contribution in [0.1, 0.15) is 220 Å². The lowest BCUT2D eigenvalue weighted by Crippen LogP contribution is -2.44. The zero-order valence-electron chi connectivity index (χ0n) is 72.8. The number of ether oxygens (including phenoxy) is 2. The maximum atomic E-state index is 15.3. The summed E-state index contributed by atoms with van der Waals surface area (Å²) in [4.78, 5) is 215. The molecule has 6 atom stereocenters. The molecular formula is C95H103BrF2N12O20. The van der Waals surface area contributed by atoms with Crippen LogP contribution in [0.3, 0.4) is 0 Å². The Bertz CT molecular complexity index is 5700. The van der Waals surface area contributed by atoms with E-state index in [1.54, 1.807) is 71.0 Å². The number of aliphatic hydroxyl groups is 2. The topological polar surface area (TPSA) is 464 Å². The van der Waals surface area contributed by atoms with E-state index in [0.717, 1.165) is 33.4 Å². The largest absolute Gasteiger partial charge is 0.458 e. The van der Waals surface area contributed by atoms with Crippen LogP contribution < -0.4 is 53.7 Å². The van der Waals surface area contributed by atoms with Crippen LogP contribution in [-0.4, -0.2) is 155 Å². The van der Waals surface area contributed by atoms with Gasteiger partial charge in [-0.15, -0.1) is 0 Å². The number of nitrogens with zero attached hydrogens (tertiary/aromatic N) is 4. The minimum atomic E-state index is -2.02. The van der Waals surface area contributed by atoms with Crippen molar-refractivity contribution < 1.29 is 95.6 Å². The molecule has 8 heterocycles. The first-order valence-electron chi connectivity index (χ1n) is 43.9. The average Bonchev–Trinajstić information content (AvgIpc) is 1.51. The van der Waals surface area contributed by atoms with Gasteiger partial charge in [0.15, 0.2) is 34.3 Å². The summed E-state index contributed by atoms with van der Waals surface area (Å²) in [7, 11) is 0. The second-order valence-corrected chi connectivity index (χ2v) is 34.1. The Balaban J connectivity index is 0.000000222. The van der Waals surface area contributed by atoms with Gasteiger partial charge in [-0.25, -0.2) is 28.3 Å². The van der Waals surface area contributed by atoms with Crippen molar-refractivity contribution in [2.24, 2.45) is 0 Å². The number of carbonyl (C=O) groups is 14. The number of nitrogens with one attached hydrogen (secondary N) is 8. The van der Waals surface area contributed by atoms with Crippen LogP contribution in [0.15, 0.2) is 94.5 Å². The van der Waals surface area contributed by atoms with E-state index in [-0.39, 0.29) is 236 Å². The third kappa shape index (κ3) is 20.7. The molecule has 35 heteroatoms. The van der Waals surface area contributed by atoms with Crippen molar-refractivity contribution in [3.63, 3.8) is 0 Å². The van der Waals surface area contributed by atoms with E-state index in [1.165, 1.54) is 21.3 Å². The van der Waals surface area contributed by atoms with E-state index in [0.29, 0.717) is 92.5 Å². The Hall–Kier alpha value is -12.8. The van der Waals surface area contributed by atoms with Gasteiger partial charge in [-0.1, -0.05) is 97.4 Å². The molecule has 130 heavy (non-hydrogen) atoms. The number of ketones is 4. The summed E-state index contributed by atoms with van der Waals surface area (Å²) in [6, 6.07) is 21.1. The minimum Gasteiger partial charge on any atom is -0.458 e. The number of benzene rings is 4. The highest BCUT2D eigenvalue weighted by Crippen LogP contribution is 2.49. The van der Waals surface area contributed by atoms with Crippen LogP contribution in [0.5, 0.6) is 0 Å².